The second kappa shape index (κ2) is 12.2. The topological polar surface area (TPSA) is 139 Å². The van der Waals surface area contributed by atoms with E-state index in [2.05, 4.69) is 10.0 Å². The molecule has 0 bridgehead atoms. The maximum atomic E-state index is 14.2. The monoisotopic (exact) mass is 594 g/mol. The molecule has 4 atom stereocenters. The maximum absolute atomic E-state index is 14.2. The van der Waals surface area contributed by atoms with Gasteiger partial charge in [-0.25, -0.2) is 13.1 Å². The number of benzene rings is 2. The number of nitrogens with two attached hydrogens (primary N) is 1. The van der Waals surface area contributed by atoms with E-state index >= 15 is 0 Å². The molecule has 12 heteroatoms. The molecule has 0 radical (unpaired) electrons. The highest BCUT2D eigenvalue weighted by Gasteiger charge is 2.49. The quantitative estimate of drug-likeness (QED) is 0.381. The van der Waals surface area contributed by atoms with Crippen LogP contribution in [-0.2, 0) is 19.6 Å². The van der Waals surface area contributed by atoms with Crippen LogP contribution in [0, 0.1) is 0 Å². The Hall–Kier alpha value is -2.66. The third-order valence-corrected chi connectivity index (χ3v) is 8.58. The van der Waals surface area contributed by atoms with E-state index in [4.69, 9.17) is 28.9 Å². The number of hydrogen-bond donors (Lipinski definition) is 3. The minimum atomic E-state index is -3.57. The van der Waals surface area contributed by atoms with Crippen LogP contribution < -0.4 is 15.8 Å². The van der Waals surface area contributed by atoms with Gasteiger partial charge in [0.25, 0.3) is 5.91 Å². The zero-order valence-corrected chi connectivity index (χ0v) is 23.9. The molecular formula is C27H32Cl2N4O5S. The molecule has 0 saturated heterocycles. The summed E-state index contributed by atoms with van der Waals surface area (Å²) in [6.07, 6.45) is 4.29. The maximum Gasteiger partial charge on any atom is 0.255 e. The highest BCUT2D eigenvalue weighted by molar-refractivity contribution is 7.88. The summed E-state index contributed by atoms with van der Waals surface area (Å²) in [5.74, 6) is -1.96. The van der Waals surface area contributed by atoms with Gasteiger partial charge in [0.1, 0.15) is 0 Å². The number of carbonyl (C=O) groups excluding carboxylic acids is 3. The standard InChI is InChI=1S/C27H32Cl2N4O5S/c1-39(37,38)32-21-9-4-5-10-22(21)33-25(19-13-12-16(28)15-20(19)29)24(26(35)31-14-6-11-23(30)34)17-7-2-3-8-18(17)27(33)36/h2-3,7-8,12-13,15,21-22,24-25,32H,4-6,9-11,14H2,1H3,(H2,30,34)(H,31,35)/t21-,22-,24+,25-/m0/s1. The number of amides is 3. The van der Waals surface area contributed by atoms with E-state index in [0.717, 1.165) is 19.1 Å². The smallest absolute Gasteiger partial charge is 0.255 e. The SMILES string of the molecule is CS(=O)(=O)N[C@H]1CCCC[C@@H]1N1C(=O)c2ccccc2[C@@H](C(=O)NCCCC(N)=O)[C@@H]1c1ccc(Cl)cc1Cl. The summed E-state index contributed by atoms with van der Waals surface area (Å²) in [4.78, 5) is 40.9. The predicted molar refractivity (Wildman–Crippen MR) is 150 cm³/mol. The van der Waals surface area contributed by atoms with Crippen LogP contribution in [0.2, 0.25) is 10.0 Å². The molecule has 1 saturated carbocycles. The molecule has 9 nitrogen and oxygen atoms in total. The lowest BCUT2D eigenvalue weighted by molar-refractivity contribution is -0.125. The number of nitrogens with one attached hydrogen (secondary N) is 2. The Morgan fingerprint density at radius 2 is 1.79 bits per heavy atom. The highest BCUT2D eigenvalue weighted by atomic mass is 35.5. The molecule has 2 aromatic carbocycles. The number of hydrogen-bond acceptors (Lipinski definition) is 5. The second-order valence-corrected chi connectivity index (χ2v) is 12.7. The van der Waals surface area contributed by atoms with Crippen LogP contribution in [-0.4, -0.2) is 55.9 Å². The van der Waals surface area contributed by atoms with E-state index in [1.54, 1.807) is 47.4 Å². The van der Waals surface area contributed by atoms with Crippen LogP contribution in [0.3, 0.4) is 0 Å². The Labute approximate surface area is 238 Å². The summed E-state index contributed by atoms with van der Waals surface area (Å²) in [6, 6.07) is 9.98. The Bertz CT molecular complexity index is 1370. The van der Waals surface area contributed by atoms with Gasteiger partial charge in [-0.2, -0.15) is 0 Å². The summed E-state index contributed by atoms with van der Waals surface area (Å²) in [7, 11) is -3.57. The van der Waals surface area contributed by atoms with Gasteiger partial charge in [-0.15, -0.1) is 0 Å². The normalized spacial score (nSPS) is 23.3. The van der Waals surface area contributed by atoms with Crippen LogP contribution in [0.25, 0.3) is 0 Å². The van der Waals surface area contributed by atoms with Crippen molar-refractivity contribution in [3.8, 4) is 0 Å². The van der Waals surface area contributed by atoms with E-state index in [9.17, 15) is 22.8 Å². The molecule has 0 spiro atoms. The van der Waals surface area contributed by atoms with Crippen molar-refractivity contribution >= 4 is 50.9 Å². The first-order valence-corrected chi connectivity index (χ1v) is 15.5. The van der Waals surface area contributed by atoms with Crippen molar-refractivity contribution in [2.75, 3.05) is 12.8 Å². The van der Waals surface area contributed by atoms with Crippen LogP contribution in [0.15, 0.2) is 42.5 Å². The molecular weight excluding hydrogens is 563 g/mol. The molecule has 210 valence electrons. The number of fused-ring (bicyclic) bond motifs is 1. The minimum Gasteiger partial charge on any atom is -0.370 e. The van der Waals surface area contributed by atoms with Gasteiger partial charge in [0, 0.05) is 40.7 Å². The van der Waals surface area contributed by atoms with Gasteiger partial charge in [0.05, 0.1) is 18.2 Å². The summed E-state index contributed by atoms with van der Waals surface area (Å²) in [5, 5.41) is 3.60. The Morgan fingerprint density at radius 3 is 2.49 bits per heavy atom. The van der Waals surface area contributed by atoms with Crippen LogP contribution in [0.5, 0.6) is 0 Å². The van der Waals surface area contributed by atoms with Gasteiger partial charge in [-0.05, 0) is 48.6 Å². The Morgan fingerprint density at radius 1 is 1.08 bits per heavy atom. The first kappa shape index (κ1) is 29.3. The number of rotatable bonds is 9. The lowest BCUT2D eigenvalue weighted by atomic mass is 9.76. The predicted octanol–water partition coefficient (Wildman–Crippen LogP) is 3.52. The molecule has 1 heterocycles. The van der Waals surface area contributed by atoms with Gasteiger partial charge in [-0.1, -0.05) is 60.3 Å². The number of carbonyl (C=O) groups is 3. The summed E-state index contributed by atoms with van der Waals surface area (Å²) >= 11 is 12.9. The molecule has 2 aliphatic rings. The third-order valence-electron chi connectivity index (χ3n) is 7.29. The van der Waals surface area contributed by atoms with Crippen molar-refractivity contribution < 1.29 is 22.8 Å². The number of sulfonamides is 1. The van der Waals surface area contributed by atoms with E-state index in [1.165, 1.54) is 0 Å². The minimum absolute atomic E-state index is 0.125. The van der Waals surface area contributed by atoms with Crippen molar-refractivity contribution in [1.82, 2.24) is 14.9 Å². The third kappa shape index (κ3) is 6.74. The number of primary amides is 1. The average molecular weight is 596 g/mol. The van der Waals surface area contributed by atoms with Crippen molar-refractivity contribution in [2.24, 2.45) is 5.73 Å². The molecule has 3 amide bonds. The Kier molecular flexibility index (Phi) is 9.21. The molecule has 0 unspecified atom stereocenters. The molecule has 0 aromatic heterocycles. The van der Waals surface area contributed by atoms with Crippen molar-refractivity contribution in [2.45, 2.75) is 62.6 Å². The number of halogens is 2. The molecule has 39 heavy (non-hydrogen) atoms. The average Bonchev–Trinajstić information content (AvgIpc) is 2.86. The van der Waals surface area contributed by atoms with Crippen molar-refractivity contribution in [3.05, 3.63) is 69.2 Å². The van der Waals surface area contributed by atoms with E-state index < -0.39 is 40.0 Å². The van der Waals surface area contributed by atoms with Crippen molar-refractivity contribution in [3.63, 3.8) is 0 Å². The summed E-state index contributed by atoms with van der Waals surface area (Å²) < 4.78 is 27.3. The van der Waals surface area contributed by atoms with Crippen LogP contribution in [0.1, 0.15) is 72.0 Å². The zero-order chi connectivity index (χ0) is 28.3. The van der Waals surface area contributed by atoms with Gasteiger partial charge < -0.3 is 16.0 Å². The molecule has 2 aromatic rings. The summed E-state index contributed by atoms with van der Waals surface area (Å²) in [5.41, 5.74) is 6.70. The zero-order valence-electron chi connectivity index (χ0n) is 21.5. The highest BCUT2D eigenvalue weighted by Crippen LogP contribution is 2.47. The fourth-order valence-corrected chi connectivity index (χ4v) is 7.06. The molecule has 1 aliphatic carbocycles. The van der Waals surface area contributed by atoms with E-state index in [0.29, 0.717) is 46.0 Å². The molecule has 1 fully saturated rings. The van der Waals surface area contributed by atoms with Gasteiger partial charge in [0.15, 0.2) is 0 Å². The first-order chi connectivity index (χ1) is 18.5. The fraction of sp³-hybridized carbons (Fsp3) is 0.444. The summed E-state index contributed by atoms with van der Waals surface area (Å²) in [6.45, 7) is 0.219. The van der Waals surface area contributed by atoms with E-state index in [1.807, 2.05) is 0 Å². The Balaban J connectivity index is 1.85. The largest absolute Gasteiger partial charge is 0.370 e. The number of nitrogens with zero attached hydrogens (tertiary/aromatic N) is 1. The van der Waals surface area contributed by atoms with E-state index in [-0.39, 0.29) is 24.8 Å². The molecule has 1 aliphatic heterocycles. The second-order valence-electron chi connectivity index (χ2n) is 10.1. The van der Waals surface area contributed by atoms with Gasteiger partial charge in [0.2, 0.25) is 21.8 Å². The van der Waals surface area contributed by atoms with Crippen LogP contribution >= 0.6 is 23.2 Å². The van der Waals surface area contributed by atoms with Gasteiger partial charge in [-0.3, -0.25) is 14.4 Å². The molecule has 4 N–H and O–H groups in total. The van der Waals surface area contributed by atoms with Crippen molar-refractivity contribution in [1.29, 1.82) is 0 Å². The lowest BCUT2D eigenvalue weighted by Gasteiger charge is -2.49. The van der Waals surface area contributed by atoms with Gasteiger partial charge >= 0.3 is 0 Å². The molecule has 4 rings (SSSR count). The lowest BCUT2D eigenvalue weighted by Crippen LogP contribution is -2.59. The van der Waals surface area contributed by atoms with Crippen LogP contribution in [0.4, 0.5) is 0 Å². The first-order valence-electron chi connectivity index (χ1n) is 12.9. The fourth-order valence-electron chi connectivity index (χ4n) is 5.71.